The van der Waals surface area contributed by atoms with Crippen LogP contribution in [0.15, 0.2) is 47.5 Å². The fourth-order valence-corrected chi connectivity index (χ4v) is 3.44. The highest BCUT2D eigenvalue weighted by atomic mass is 19.1. The number of hydrogen-bond donors (Lipinski definition) is 3. The minimum absolute atomic E-state index is 0.142. The van der Waals surface area contributed by atoms with Gasteiger partial charge in [0.25, 0.3) is 0 Å². The van der Waals surface area contributed by atoms with Crippen LogP contribution in [0.4, 0.5) is 4.39 Å². The van der Waals surface area contributed by atoms with Crippen LogP contribution in [-0.2, 0) is 11.3 Å². The molecule has 7 heteroatoms. The number of benzene rings is 2. The molecule has 31 heavy (non-hydrogen) atoms. The zero-order chi connectivity index (χ0) is 22.1. The molecule has 1 saturated heterocycles. The number of aliphatic imine (C=N–C) groups is 1. The van der Waals surface area contributed by atoms with E-state index in [4.69, 9.17) is 9.47 Å². The average molecular weight is 430 g/mol. The Morgan fingerprint density at radius 2 is 2.13 bits per heavy atom. The summed E-state index contributed by atoms with van der Waals surface area (Å²) in [6, 6.07) is 12.3. The van der Waals surface area contributed by atoms with Crippen molar-refractivity contribution in [2.45, 2.75) is 45.4 Å². The number of halogens is 1. The Kier molecular flexibility index (Phi) is 8.67. The molecule has 0 amide bonds. The fraction of sp³-hybridized carbons (Fsp3) is 0.458. The van der Waals surface area contributed by atoms with Crippen molar-refractivity contribution < 1.29 is 19.0 Å². The summed E-state index contributed by atoms with van der Waals surface area (Å²) in [6.07, 6.45) is 1.28. The van der Waals surface area contributed by atoms with Gasteiger partial charge in [0, 0.05) is 30.8 Å². The maximum absolute atomic E-state index is 13.9. The van der Waals surface area contributed by atoms with Gasteiger partial charge >= 0.3 is 0 Å². The predicted molar refractivity (Wildman–Crippen MR) is 120 cm³/mol. The SMILES string of the molecule is CCNC(=NCc1ccc(C)cc1OCC1CCCO1)NCC(O)c1ccccc1F. The van der Waals surface area contributed by atoms with Crippen molar-refractivity contribution in [3.8, 4) is 5.75 Å². The van der Waals surface area contributed by atoms with Gasteiger partial charge < -0.3 is 25.2 Å². The molecule has 0 bridgehead atoms. The Morgan fingerprint density at radius 1 is 1.29 bits per heavy atom. The standard InChI is InChI=1S/C24H32FN3O3/c1-3-26-24(28-15-22(29)20-8-4-5-9-21(20)25)27-14-18-11-10-17(2)13-23(18)31-16-19-7-6-12-30-19/h4-5,8-11,13,19,22,29H,3,6-7,12,14-16H2,1-2H3,(H2,26,27,28). The molecule has 2 unspecified atom stereocenters. The molecule has 2 atom stereocenters. The van der Waals surface area contributed by atoms with Gasteiger partial charge in [0.15, 0.2) is 5.96 Å². The second-order valence-corrected chi connectivity index (χ2v) is 7.67. The first-order valence-electron chi connectivity index (χ1n) is 10.9. The molecule has 2 aromatic carbocycles. The van der Waals surface area contributed by atoms with Gasteiger partial charge in [-0.1, -0.05) is 30.3 Å². The van der Waals surface area contributed by atoms with Crippen molar-refractivity contribution in [1.29, 1.82) is 0 Å². The van der Waals surface area contributed by atoms with E-state index < -0.39 is 11.9 Å². The Bertz CT molecular complexity index is 869. The molecule has 0 spiro atoms. The predicted octanol–water partition coefficient (Wildman–Crippen LogP) is 3.48. The van der Waals surface area contributed by atoms with Gasteiger partial charge in [-0.25, -0.2) is 9.38 Å². The van der Waals surface area contributed by atoms with Gasteiger partial charge in [-0.05, 0) is 44.4 Å². The van der Waals surface area contributed by atoms with Gasteiger partial charge in [-0.15, -0.1) is 0 Å². The minimum atomic E-state index is -0.977. The Hall–Kier alpha value is -2.64. The Labute approximate surface area is 183 Å². The smallest absolute Gasteiger partial charge is 0.191 e. The number of aryl methyl sites for hydroxylation is 1. The van der Waals surface area contributed by atoms with E-state index in [0.29, 0.717) is 25.7 Å². The van der Waals surface area contributed by atoms with Crippen LogP contribution >= 0.6 is 0 Å². The highest BCUT2D eigenvalue weighted by Crippen LogP contribution is 2.23. The summed E-state index contributed by atoms with van der Waals surface area (Å²) < 4.78 is 25.6. The number of aliphatic hydroxyl groups excluding tert-OH is 1. The maximum atomic E-state index is 13.9. The lowest BCUT2D eigenvalue weighted by molar-refractivity contribution is 0.0676. The van der Waals surface area contributed by atoms with Crippen molar-refractivity contribution in [1.82, 2.24) is 10.6 Å². The number of guanidine groups is 1. The van der Waals surface area contributed by atoms with E-state index in [1.807, 2.05) is 32.0 Å². The lowest BCUT2D eigenvalue weighted by Gasteiger charge is -2.17. The van der Waals surface area contributed by atoms with Gasteiger partial charge in [0.1, 0.15) is 18.2 Å². The lowest BCUT2D eigenvalue weighted by atomic mass is 10.1. The largest absolute Gasteiger partial charge is 0.491 e. The van der Waals surface area contributed by atoms with E-state index in [1.54, 1.807) is 18.2 Å². The zero-order valence-corrected chi connectivity index (χ0v) is 18.2. The summed E-state index contributed by atoms with van der Waals surface area (Å²) >= 11 is 0. The molecule has 0 aliphatic carbocycles. The van der Waals surface area contributed by atoms with Crippen LogP contribution < -0.4 is 15.4 Å². The summed E-state index contributed by atoms with van der Waals surface area (Å²) in [4.78, 5) is 4.62. The van der Waals surface area contributed by atoms with Crippen molar-refractivity contribution in [2.24, 2.45) is 4.99 Å². The third-order valence-corrected chi connectivity index (χ3v) is 5.15. The number of ether oxygens (including phenoxy) is 2. The molecule has 1 aliphatic rings. The van der Waals surface area contributed by atoms with E-state index in [1.165, 1.54) is 6.07 Å². The second-order valence-electron chi connectivity index (χ2n) is 7.67. The molecule has 1 fully saturated rings. The highest BCUT2D eigenvalue weighted by molar-refractivity contribution is 5.79. The highest BCUT2D eigenvalue weighted by Gasteiger charge is 2.17. The third-order valence-electron chi connectivity index (χ3n) is 5.15. The molecule has 0 radical (unpaired) electrons. The molecule has 1 heterocycles. The Balaban J connectivity index is 1.63. The number of rotatable bonds is 9. The molecular formula is C24H32FN3O3. The van der Waals surface area contributed by atoms with E-state index in [0.717, 1.165) is 36.3 Å². The van der Waals surface area contributed by atoms with Gasteiger partial charge in [0.05, 0.1) is 18.8 Å². The maximum Gasteiger partial charge on any atom is 0.191 e. The van der Waals surface area contributed by atoms with Crippen molar-refractivity contribution in [3.05, 3.63) is 65.0 Å². The van der Waals surface area contributed by atoms with Crippen molar-refractivity contribution in [2.75, 3.05) is 26.3 Å². The van der Waals surface area contributed by atoms with Gasteiger partial charge in [0.2, 0.25) is 0 Å². The molecule has 0 aromatic heterocycles. The minimum Gasteiger partial charge on any atom is -0.491 e. The van der Waals surface area contributed by atoms with Gasteiger partial charge in [-0.2, -0.15) is 0 Å². The third kappa shape index (κ3) is 6.94. The van der Waals surface area contributed by atoms with E-state index in [-0.39, 0.29) is 18.2 Å². The monoisotopic (exact) mass is 429 g/mol. The fourth-order valence-electron chi connectivity index (χ4n) is 3.44. The number of aliphatic hydroxyl groups is 1. The van der Waals surface area contributed by atoms with E-state index in [2.05, 4.69) is 15.6 Å². The van der Waals surface area contributed by atoms with Crippen LogP contribution in [0.25, 0.3) is 0 Å². The Morgan fingerprint density at radius 3 is 2.87 bits per heavy atom. The molecular weight excluding hydrogens is 397 g/mol. The first-order valence-corrected chi connectivity index (χ1v) is 10.9. The molecule has 1 aliphatic heterocycles. The first kappa shape index (κ1) is 23.0. The average Bonchev–Trinajstić information content (AvgIpc) is 3.29. The van der Waals surface area contributed by atoms with Crippen LogP contribution in [0.2, 0.25) is 0 Å². The number of nitrogens with one attached hydrogen (secondary N) is 2. The number of nitrogens with zero attached hydrogens (tertiary/aromatic N) is 1. The lowest BCUT2D eigenvalue weighted by Crippen LogP contribution is -2.39. The van der Waals surface area contributed by atoms with Crippen LogP contribution in [0.3, 0.4) is 0 Å². The van der Waals surface area contributed by atoms with Crippen molar-refractivity contribution >= 4 is 5.96 Å². The first-order chi connectivity index (χ1) is 15.1. The molecule has 0 saturated carbocycles. The topological polar surface area (TPSA) is 75.1 Å². The molecule has 168 valence electrons. The second kappa shape index (κ2) is 11.7. The summed E-state index contributed by atoms with van der Waals surface area (Å²) in [5, 5.41) is 16.6. The molecule has 3 N–H and O–H groups in total. The molecule has 6 nitrogen and oxygen atoms in total. The van der Waals surface area contributed by atoms with E-state index in [9.17, 15) is 9.50 Å². The van der Waals surface area contributed by atoms with E-state index >= 15 is 0 Å². The number of hydrogen-bond acceptors (Lipinski definition) is 4. The summed E-state index contributed by atoms with van der Waals surface area (Å²) in [5.74, 6) is 0.927. The normalized spacial score (nSPS) is 17.4. The summed E-state index contributed by atoms with van der Waals surface area (Å²) in [5.41, 5.74) is 2.35. The molecule has 2 aromatic rings. The van der Waals surface area contributed by atoms with Crippen LogP contribution in [0.5, 0.6) is 5.75 Å². The zero-order valence-electron chi connectivity index (χ0n) is 18.2. The van der Waals surface area contributed by atoms with Crippen LogP contribution in [-0.4, -0.2) is 43.5 Å². The van der Waals surface area contributed by atoms with Crippen LogP contribution in [0.1, 0.15) is 42.6 Å². The quantitative estimate of drug-likeness (QED) is 0.420. The summed E-state index contributed by atoms with van der Waals surface area (Å²) in [7, 11) is 0. The van der Waals surface area contributed by atoms with Crippen LogP contribution in [0, 0.1) is 12.7 Å². The summed E-state index contributed by atoms with van der Waals surface area (Å²) in [6.45, 7) is 6.55. The van der Waals surface area contributed by atoms with Gasteiger partial charge in [-0.3, -0.25) is 0 Å². The van der Waals surface area contributed by atoms with Crippen molar-refractivity contribution in [3.63, 3.8) is 0 Å². The molecule has 3 rings (SSSR count).